The van der Waals surface area contributed by atoms with E-state index in [1.54, 1.807) is 0 Å². The predicted molar refractivity (Wildman–Crippen MR) is 48.1 cm³/mol. The van der Waals surface area contributed by atoms with Gasteiger partial charge in [-0.05, 0) is 25.2 Å². The van der Waals surface area contributed by atoms with Crippen molar-refractivity contribution in [3.63, 3.8) is 0 Å². The Morgan fingerprint density at radius 2 is 1.70 bits per heavy atom. The van der Waals surface area contributed by atoms with E-state index in [-0.39, 0.29) is 0 Å². The molecule has 0 amide bonds. The van der Waals surface area contributed by atoms with E-state index in [1.807, 2.05) is 0 Å². The monoisotopic (exact) mass is 140 g/mol. The van der Waals surface area contributed by atoms with Gasteiger partial charge in [0.25, 0.3) is 0 Å². The number of hydrogen-bond acceptors (Lipinski definition) is 0. The van der Waals surface area contributed by atoms with Gasteiger partial charge in [-0.2, -0.15) is 0 Å². The zero-order chi connectivity index (χ0) is 7.98. The van der Waals surface area contributed by atoms with E-state index in [0.717, 1.165) is 11.8 Å². The van der Waals surface area contributed by atoms with E-state index in [4.69, 9.17) is 0 Å². The van der Waals surface area contributed by atoms with Crippen molar-refractivity contribution >= 4 is 0 Å². The number of rotatable bonds is 4. The van der Waals surface area contributed by atoms with Gasteiger partial charge in [0.1, 0.15) is 0 Å². The molecule has 0 aromatic heterocycles. The zero-order valence-corrected chi connectivity index (χ0v) is 7.72. The van der Waals surface area contributed by atoms with E-state index < -0.39 is 0 Å². The van der Waals surface area contributed by atoms with Gasteiger partial charge < -0.3 is 0 Å². The lowest BCUT2D eigenvalue weighted by molar-refractivity contribution is 0.502. The van der Waals surface area contributed by atoms with Crippen LogP contribution < -0.4 is 0 Å². The molecule has 10 heavy (non-hydrogen) atoms. The Balaban J connectivity index is 3.30. The maximum absolute atomic E-state index is 2.28. The summed E-state index contributed by atoms with van der Waals surface area (Å²) in [5.41, 5.74) is 0. The van der Waals surface area contributed by atoms with E-state index >= 15 is 0 Å². The van der Waals surface area contributed by atoms with Crippen molar-refractivity contribution in [3.05, 3.63) is 12.2 Å². The first-order valence-electron chi connectivity index (χ1n) is 4.29. The molecule has 0 heterocycles. The summed E-state index contributed by atoms with van der Waals surface area (Å²) in [6.45, 7) is 8.93. The van der Waals surface area contributed by atoms with Crippen LogP contribution in [0.1, 0.15) is 40.5 Å². The molecule has 0 N–H and O–H groups in total. The SMILES string of the molecule is C/C=C/[C@@H](C)CCC(C)C. The summed E-state index contributed by atoms with van der Waals surface area (Å²) >= 11 is 0. The molecule has 0 bridgehead atoms. The molecule has 0 aromatic carbocycles. The van der Waals surface area contributed by atoms with Crippen molar-refractivity contribution < 1.29 is 0 Å². The molecule has 0 aliphatic heterocycles. The molecule has 0 rings (SSSR count). The molecule has 0 radical (unpaired) electrons. The quantitative estimate of drug-likeness (QED) is 0.523. The van der Waals surface area contributed by atoms with Crippen LogP contribution in [0.15, 0.2) is 12.2 Å². The van der Waals surface area contributed by atoms with Gasteiger partial charge >= 0.3 is 0 Å². The Hall–Kier alpha value is -0.260. The number of hydrogen-bond donors (Lipinski definition) is 0. The average Bonchev–Trinajstić information content (AvgIpc) is 1.85. The third-order valence-corrected chi connectivity index (χ3v) is 1.72. The molecule has 0 fully saturated rings. The molecule has 0 heteroatoms. The second kappa shape index (κ2) is 5.52. The standard InChI is InChI=1S/C10H20/c1-5-6-10(4)8-7-9(2)3/h5-6,9-10H,7-8H2,1-4H3/b6-5+/t10-/m1/s1. The zero-order valence-electron chi connectivity index (χ0n) is 7.72. The smallest absolute Gasteiger partial charge is 0.0262 e. The molecular weight excluding hydrogens is 120 g/mol. The third-order valence-electron chi connectivity index (χ3n) is 1.72. The molecule has 0 aliphatic rings. The van der Waals surface area contributed by atoms with Crippen LogP contribution in [0, 0.1) is 11.8 Å². The molecule has 0 aromatic rings. The van der Waals surface area contributed by atoms with Gasteiger partial charge in [0.15, 0.2) is 0 Å². The molecular formula is C10H20. The Kier molecular flexibility index (Phi) is 5.38. The predicted octanol–water partition coefficient (Wildman–Crippen LogP) is 3.63. The van der Waals surface area contributed by atoms with Crippen molar-refractivity contribution in [3.8, 4) is 0 Å². The normalized spacial score (nSPS) is 14.9. The van der Waals surface area contributed by atoms with Gasteiger partial charge in [-0.3, -0.25) is 0 Å². The van der Waals surface area contributed by atoms with Crippen LogP contribution in [0.25, 0.3) is 0 Å². The Morgan fingerprint density at radius 3 is 2.10 bits per heavy atom. The summed E-state index contributed by atoms with van der Waals surface area (Å²) in [6.07, 6.45) is 7.11. The van der Waals surface area contributed by atoms with Gasteiger partial charge in [0, 0.05) is 0 Å². The Morgan fingerprint density at radius 1 is 1.10 bits per heavy atom. The summed E-state index contributed by atoms with van der Waals surface area (Å²) < 4.78 is 0. The molecule has 0 nitrogen and oxygen atoms in total. The van der Waals surface area contributed by atoms with Crippen LogP contribution in [0.2, 0.25) is 0 Å². The highest BCUT2D eigenvalue weighted by atomic mass is 14.0. The van der Waals surface area contributed by atoms with Gasteiger partial charge in [-0.15, -0.1) is 0 Å². The van der Waals surface area contributed by atoms with E-state index in [9.17, 15) is 0 Å². The van der Waals surface area contributed by atoms with Crippen LogP contribution in [0.4, 0.5) is 0 Å². The fourth-order valence-electron chi connectivity index (χ4n) is 1.02. The van der Waals surface area contributed by atoms with Gasteiger partial charge in [-0.25, -0.2) is 0 Å². The fourth-order valence-corrected chi connectivity index (χ4v) is 1.02. The van der Waals surface area contributed by atoms with E-state index in [2.05, 4.69) is 39.8 Å². The summed E-state index contributed by atoms with van der Waals surface area (Å²) in [7, 11) is 0. The minimum atomic E-state index is 0.771. The van der Waals surface area contributed by atoms with Gasteiger partial charge in [0.05, 0.1) is 0 Å². The highest BCUT2D eigenvalue weighted by Crippen LogP contribution is 2.12. The Labute approximate surface area is 65.3 Å². The van der Waals surface area contributed by atoms with Crippen molar-refractivity contribution in [2.75, 3.05) is 0 Å². The van der Waals surface area contributed by atoms with Gasteiger partial charge in [-0.1, -0.05) is 39.3 Å². The summed E-state index contributed by atoms with van der Waals surface area (Å²) in [5, 5.41) is 0. The highest BCUT2D eigenvalue weighted by molar-refractivity contribution is 4.82. The minimum Gasteiger partial charge on any atom is -0.0914 e. The second-order valence-corrected chi connectivity index (χ2v) is 3.47. The third kappa shape index (κ3) is 5.87. The molecule has 0 aliphatic carbocycles. The summed E-state index contributed by atoms with van der Waals surface area (Å²) in [5.74, 6) is 1.63. The molecule has 1 atom stereocenters. The molecule has 0 saturated heterocycles. The molecule has 0 spiro atoms. The summed E-state index contributed by atoms with van der Waals surface area (Å²) in [4.78, 5) is 0. The largest absolute Gasteiger partial charge is 0.0914 e. The van der Waals surface area contributed by atoms with E-state index in [0.29, 0.717) is 0 Å². The molecule has 0 saturated carbocycles. The molecule has 60 valence electrons. The maximum Gasteiger partial charge on any atom is -0.0262 e. The number of allylic oxidation sites excluding steroid dienone is 2. The molecule has 0 unspecified atom stereocenters. The average molecular weight is 140 g/mol. The van der Waals surface area contributed by atoms with E-state index in [1.165, 1.54) is 12.8 Å². The highest BCUT2D eigenvalue weighted by Gasteiger charge is 1.98. The topological polar surface area (TPSA) is 0 Å². The lowest BCUT2D eigenvalue weighted by Gasteiger charge is -2.07. The Bertz CT molecular complexity index is 90.2. The van der Waals surface area contributed by atoms with Crippen LogP contribution >= 0.6 is 0 Å². The lowest BCUT2D eigenvalue weighted by atomic mass is 9.99. The fraction of sp³-hybridized carbons (Fsp3) is 0.800. The second-order valence-electron chi connectivity index (χ2n) is 3.47. The van der Waals surface area contributed by atoms with Crippen molar-refractivity contribution in [2.45, 2.75) is 40.5 Å². The van der Waals surface area contributed by atoms with Crippen LogP contribution in [-0.4, -0.2) is 0 Å². The first-order valence-corrected chi connectivity index (χ1v) is 4.29. The van der Waals surface area contributed by atoms with Gasteiger partial charge in [0.2, 0.25) is 0 Å². The van der Waals surface area contributed by atoms with Crippen molar-refractivity contribution in [2.24, 2.45) is 11.8 Å². The summed E-state index contributed by atoms with van der Waals surface area (Å²) in [6, 6.07) is 0. The van der Waals surface area contributed by atoms with Crippen LogP contribution in [0.5, 0.6) is 0 Å². The van der Waals surface area contributed by atoms with Crippen LogP contribution in [-0.2, 0) is 0 Å². The maximum atomic E-state index is 2.28. The minimum absolute atomic E-state index is 0.771. The van der Waals surface area contributed by atoms with Crippen molar-refractivity contribution in [1.29, 1.82) is 0 Å². The van der Waals surface area contributed by atoms with Crippen molar-refractivity contribution in [1.82, 2.24) is 0 Å². The first-order chi connectivity index (χ1) is 4.66. The first kappa shape index (κ1) is 9.74. The lowest BCUT2D eigenvalue weighted by Crippen LogP contribution is -1.93. The van der Waals surface area contributed by atoms with Crippen LogP contribution in [0.3, 0.4) is 0 Å².